The maximum absolute atomic E-state index is 12.5. The quantitative estimate of drug-likeness (QED) is 0.910. The van der Waals surface area contributed by atoms with E-state index in [2.05, 4.69) is 24.0 Å². The van der Waals surface area contributed by atoms with Gasteiger partial charge in [0.2, 0.25) is 0 Å². The van der Waals surface area contributed by atoms with Crippen LogP contribution in [0, 0.1) is 0 Å². The molecule has 1 aromatic carbocycles. The van der Waals surface area contributed by atoms with Crippen LogP contribution in [0.4, 0.5) is 0 Å². The molecule has 2 aromatic rings. The largest absolute Gasteiger partial charge is 0.351 e. The van der Waals surface area contributed by atoms with Crippen molar-refractivity contribution in [2.75, 3.05) is 27.2 Å². The van der Waals surface area contributed by atoms with Gasteiger partial charge < -0.3 is 14.8 Å². The lowest BCUT2D eigenvalue weighted by atomic mass is 10.0. The van der Waals surface area contributed by atoms with E-state index in [0.29, 0.717) is 11.7 Å². The molecule has 1 aromatic heterocycles. The maximum atomic E-state index is 12.5. The number of fused-ring (bicyclic) bond motifs is 1. The first-order valence-electron chi connectivity index (χ1n) is 7.18. The molecule has 0 aliphatic carbocycles. The van der Waals surface area contributed by atoms with Crippen LogP contribution in [0.5, 0.6) is 0 Å². The number of nitrogens with one attached hydrogen (secondary N) is 1. The van der Waals surface area contributed by atoms with E-state index in [-0.39, 0.29) is 5.91 Å². The molecule has 4 nitrogen and oxygen atoms in total. The summed E-state index contributed by atoms with van der Waals surface area (Å²) in [6.45, 7) is 1.69. The lowest BCUT2D eigenvalue weighted by Gasteiger charge is -2.35. The molecule has 3 rings (SSSR count). The normalized spacial score (nSPS) is 17.1. The Labute approximate surface area is 119 Å². The summed E-state index contributed by atoms with van der Waals surface area (Å²) < 4.78 is 0. The number of rotatable bonds is 2. The van der Waals surface area contributed by atoms with Gasteiger partial charge in [0.05, 0.1) is 0 Å². The minimum atomic E-state index is 0.124. The highest BCUT2D eigenvalue weighted by Crippen LogP contribution is 2.19. The van der Waals surface area contributed by atoms with Gasteiger partial charge in [-0.1, -0.05) is 18.2 Å². The number of benzene rings is 1. The van der Waals surface area contributed by atoms with Crippen molar-refractivity contribution in [1.82, 2.24) is 14.8 Å². The summed E-state index contributed by atoms with van der Waals surface area (Å²) in [6, 6.07) is 10.6. The fraction of sp³-hybridized carbons (Fsp3) is 0.438. The van der Waals surface area contributed by atoms with E-state index in [1.165, 1.54) is 0 Å². The number of carbonyl (C=O) groups is 1. The zero-order valence-electron chi connectivity index (χ0n) is 12.1. The predicted octanol–water partition coefficient (Wildman–Crippen LogP) is 2.33. The van der Waals surface area contributed by atoms with Crippen molar-refractivity contribution in [3.63, 3.8) is 0 Å². The second-order valence-corrected chi connectivity index (χ2v) is 5.76. The van der Waals surface area contributed by atoms with Gasteiger partial charge in [0.1, 0.15) is 5.69 Å². The summed E-state index contributed by atoms with van der Waals surface area (Å²) in [5.74, 6) is 0.124. The molecule has 0 bridgehead atoms. The van der Waals surface area contributed by atoms with Gasteiger partial charge in [0.25, 0.3) is 5.91 Å². The summed E-state index contributed by atoms with van der Waals surface area (Å²) in [6.07, 6.45) is 2.11. The fourth-order valence-electron chi connectivity index (χ4n) is 2.94. The van der Waals surface area contributed by atoms with E-state index in [1.54, 1.807) is 0 Å². The molecule has 2 heterocycles. The topological polar surface area (TPSA) is 39.3 Å². The molecule has 0 radical (unpaired) electrons. The highest BCUT2D eigenvalue weighted by molar-refractivity contribution is 5.98. The number of likely N-dealkylation sites (tertiary alicyclic amines) is 1. The summed E-state index contributed by atoms with van der Waals surface area (Å²) in [5, 5.41) is 1.10. The van der Waals surface area contributed by atoms with E-state index in [1.807, 2.05) is 35.2 Å². The Morgan fingerprint density at radius 3 is 2.60 bits per heavy atom. The molecule has 1 aliphatic heterocycles. The van der Waals surface area contributed by atoms with Crippen molar-refractivity contribution >= 4 is 16.8 Å². The van der Waals surface area contributed by atoms with Crippen LogP contribution in [0.3, 0.4) is 0 Å². The lowest BCUT2D eigenvalue weighted by Crippen LogP contribution is -2.44. The van der Waals surface area contributed by atoms with Gasteiger partial charge in [-0.05, 0) is 39.1 Å². The van der Waals surface area contributed by atoms with Crippen molar-refractivity contribution < 1.29 is 4.79 Å². The van der Waals surface area contributed by atoms with Gasteiger partial charge in [-0.3, -0.25) is 4.79 Å². The maximum Gasteiger partial charge on any atom is 0.270 e. The number of H-pyrrole nitrogens is 1. The monoisotopic (exact) mass is 271 g/mol. The Balaban J connectivity index is 1.73. The molecular weight excluding hydrogens is 250 g/mol. The average molecular weight is 271 g/mol. The Kier molecular flexibility index (Phi) is 3.49. The van der Waals surface area contributed by atoms with Crippen LogP contribution in [-0.4, -0.2) is 53.9 Å². The fourth-order valence-corrected chi connectivity index (χ4v) is 2.94. The Bertz CT molecular complexity index is 576. The number of hydrogen-bond acceptors (Lipinski definition) is 2. The summed E-state index contributed by atoms with van der Waals surface area (Å²) in [4.78, 5) is 20.0. The van der Waals surface area contributed by atoms with E-state index >= 15 is 0 Å². The van der Waals surface area contributed by atoms with Crippen LogP contribution in [0.2, 0.25) is 0 Å². The third-order valence-electron chi connectivity index (χ3n) is 4.24. The number of amides is 1. The third kappa shape index (κ3) is 2.43. The first-order chi connectivity index (χ1) is 9.65. The van der Waals surface area contributed by atoms with Gasteiger partial charge in [0.15, 0.2) is 0 Å². The predicted molar refractivity (Wildman–Crippen MR) is 80.9 cm³/mol. The van der Waals surface area contributed by atoms with Crippen molar-refractivity contribution in [1.29, 1.82) is 0 Å². The molecule has 1 amide bonds. The van der Waals surface area contributed by atoms with E-state index in [9.17, 15) is 4.79 Å². The standard InChI is InChI=1S/C16H21N3O/c1-18(2)13-7-9-19(10-8-13)16(20)15-11-12-5-3-4-6-14(12)17-15/h3-6,11,13,17H,7-10H2,1-2H3. The number of hydrogen-bond donors (Lipinski definition) is 1. The Hall–Kier alpha value is -1.81. The molecule has 20 heavy (non-hydrogen) atoms. The Morgan fingerprint density at radius 2 is 1.95 bits per heavy atom. The van der Waals surface area contributed by atoms with Crippen molar-refractivity contribution in [2.45, 2.75) is 18.9 Å². The van der Waals surface area contributed by atoms with Crippen molar-refractivity contribution in [2.24, 2.45) is 0 Å². The summed E-state index contributed by atoms with van der Waals surface area (Å²) in [7, 11) is 4.22. The second-order valence-electron chi connectivity index (χ2n) is 5.76. The Morgan fingerprint density at radius 1 is 1.25 bits per heavy atom. The first kappa shape index (κ1) is 13.2. The molecule has 0 saturated carbocycles. The van der Waals surface area contributed by atoms with Crippen LogP contribution in [0.1, 0.15) is 23.3 Å². The second kappa shape index (κ2) is 5.29. The van der Waals surface area contributed by atoms with Crippen LogP contribution < -0.4 is 0 Å². The molecule has 1 N–H and O–H groups in total. The summed E-state index contributed by atoms with van der Waals surface area (Å²) in [5.41, 5.74) is 1.73. The molecule has 1 fully saturated rings. The van der Waals surface area contributed by atoms with Crippen LogP contribution >= 0.6 is 0 Å². The third-order valence-corrected chi connectivity index (χ3v) is 4.24. The van der Waals surface area contributed by atoms with Crippen molar-refractivity contribution in [3.05, 3.63) is 36.0 Å². The van der Waals surface area contributed by atoms with E-state index < -0.39 is 0 Å². The number of piperidine rings is 1. The zero-order chi connectivity index (χ0) is 14.1. The number of aromatic nitrogens is 1. The van der Waals surface area contributed by atoms with Crippen LogP contribution in [0.25, 0.3) is 10.9 Å². The minimum absolute atomic E-state index is 0.124. The van der Waals surface area contributed by atoms with Crippen molar-refractivity contribution in [3.8, 4) is 0 Å². The smallest absolute Gasteiger partial charge is 0.270 e. The van der Waals surface area contributed by atoms with E-state index in [0.717, 1.165) is 36.8 Å². The molecule has 0 atom stereocenters. The molecule has 1 saturated heterocycles. The molecule has 0 unspecified atom stereocenters. The van der Waals surface area contributed by atoms with Gasteiger partial charge in [-0.25, -0.2) is 0 Å². The SMILES string of the molecule is CN(C)C1CCN(C(=O)c2cc3ccccc3[nH]2)CC1. The van der Waals surface area contributed by atoms with Gasteiger partial charge in [-0.2, -0.15) is 0 Å². The molecule has 106 valence electrons. The first-order valence-corrected chi connectivity index (χ1v) is 7.18. The minimum Gasteiger partial charge on any atom is -0.351 e. The number of aromatic amines is 1. The van der Waals surface area contributed by atoms with Crippen LogP contribution in [-0.2, 0) is 0 Å². The summed E-state index contributed by atoms with van der Waals surface area (Å²) >= 11 is 0. The highest BCUT2D eigenvalue weighted by Gasteiger charge is 2.25. The van der Waals surface area contributed by atoms with Gasteiger partial charge >= 0.3 is 0 Å². The number of para-hydroxylation sites is 1. The molecule has 4 heteroatoms. The van der Waals surface area contributed by atoms with Crippen LogP contribution in [0.15, 0.2) is 30.3 Å². The molecule has 1 aliphatic rings. The van der Waals surface area contributed by atoms with Gasteiger partial charge in [0, 0.05) is 30.0 Å². The number of nitrogens with zero attached hydrogens (tertiary/aromatic N) is 2. The molecule has 0 spiro atoms. The van der Waals surface area contributed by atoms with Gasteiger partial charge in [-0.15, -0.1) is 0 Å². The highest BCUT2D eigenvalue weighted by atomic mass is 16.2. The average Bonchev–Trinajstić information content (AvgIpc) is 2.90. The zero-order valence-corrected chi connectivity index (χ0v) is 12.1. The number of carbonyl (C=O) groups excluding carboxylic acids is 1. The van der Waals surface area contributed by atoms with E-state index in [4.69, 9.17) is 0 Å². The lowest BCUT2D eigenvalue weighted by molar-refractivity contribution is 0.0658. The molecular formula is C16H21N3O.